The summed E-state index contributed by atoms with van der Waals surface area (Å²) in [7, 11) is 0. The number of carboxylic acid groups (broad SMARTS) is 1. The van der Waals surface area contributed by atoms with Crippen molar-refractivity contribution >= 4 is 17.5 Å². The molecule has 0 amide bonds. The number of carbonyl (C=O) groups is 1. The minimum Gasteiger partial charge on any atom is -0.478 e. The van der Waals surface area contributed by atoms with Crippen molar-refractivity contribution in [3.8, 4) is 0 Å². The molecule has 1 rings (SSSR count). The van der Waals surface area contributed by atoms with E-state index in [-0.39, 0.29) is 17.1 Å². The highest BCUT2D eigenvalue weighted by Crippen LogP contribution is 2.22. The fourth-order valence-corrected chi connectivity index (χ4v) is 1.73. The van der Waals surface area contributed by atoms with Crippen LogP contribution in [0.2, 0.25) is 0 Å². The van der Waals surface area contributed by atoms with Gasteiger partial charge in [0, 0.05) is 18.8 Å². The van der Waals surface area contributed by atoms with Crippen molar-refractivity contribution in [1.29, 1.82) is 0 Å². The highest BCUT2D eigenvalue weighted by atomic mass is 16.6. The predicted molar refractivity (Wildman–Crippen MR) is 75.0 cm³/mol. The third kappa shape index (κ3) is 4.83. The number of nitrogens with one attached hydrogen (secondary N) is 1. The molecule has 0 aliphatic rings. The summed E-state index contributed by atoms with van der Waals surface area (Å²) in [5.41, 5.74) is -0.504. The summed E-state index contributed by atoms with van der Waals surface area (Å²) in [5, 5.41) is 22.6. The molecule has 0 aliphatic carbocycles. The zero-order valence-electron chi connectivity index (χ0n) is 11.6. The van der Waals surface area contributed by atoms with Crippen LogP contribution < -0.4 is 5.32 Å². The number of rotatable bonds is 8. The summed E-state index contributed by atoms with van der Waals surface area (Å²) in [6, 6.07) is 1.02. The molecule has 0 radical (unpaired) electrons. The highest BCUT2D eigenvalue weighted by Gasteiger charge is 2.18. The van der Waals surface area contributed by atoms with Crippen LogP contribution >= 0.6 is 0 Å². The number of aromatic nitrogens is 1. The molecule has 0 saturated heterocycles. The van der Waals surface area contributed by atoms with E-state index in [4.69, 9.17) is 5.11 Å². The van der Waals surface area contributed by atoms with Crippen molar-refractivity contribution in [1.82, 2.24) is 4.98 Å². The Hall–Kier alpha value is -2.18. The molecule has 2 N–H and O–H groups in total. The Balaban J connectivity index is 2.65. The number of unbranched alkanes of at least 4 members (excludes halogenated alkanes) is 1. The molecule has 0 aliphatic heterocycles. The smallest absolute Gasteiger partial charge is 0.337 e. The van der Waals surface area contributed by atoms with E-state index in [0.717, 1.165) is 31.5 Å². The van der Waals surface area contributed by atoms with Gasteiger partial charge in [-0.05, 0) is 12.3 Å². The van der Waals surface area contributed by atoms with E-state index < -0.39 is 10.9 Å². The summed E-state index contributed by atoms with van der Waals surface area (Å²) in [6.45, 7) is 4.86. The van der Waals surface area contributed by atoms with Crippen LogP contribution in [0.4, 0.5) is 11.5 Å². The molecule has 0 atom stereocenters. The van der Waals surface area contributed by atoms with E-state index >= 15 is 0 Å². The molecule has 7 heteroatoms. The molecular weight excluding hydrogens is 262 g/mol. The van der Waals surface area contributed by atoms with E-state index in [1.807, 2.05) is 0 Å². The van der Waals surface area contributed by atoms with Gasteiger partial charge in [0.1, 0.15) is 0 Å². The maximum Gasteiger partial charge on any atom is 0.337 e. The summed E-state index contributed by atoms with van der Waals surface area (Å²) >= 11 is 0. The van der Waals surface area contributed by atoms with Gasteiger partial charge in [-0.3, -0.25) is 10.1 Å². The molecule has 0 unspecified atom stereocenters. The van der Waals surface area contributed by atoms with Gasteiger partial charge >= 0.3 is 11.7 Å². The van der Waals surface area contributed by atoms with Crippen LogP contribution in [-0.4, -0.2) is 27.5 Å². The van der Waals surface area contributed by atoms with Crippen molar-refractivity contribution in [3.63, 3.8) is 0 Å². The number of hydrogen-bond acceptors (Lipinski definition) is 5. The van der Waals surface area contributed by atoms with E-state index in [0.29, 0.717) is 12.5 Å². The molecule has 110 valence electrons. The molecule has 0 saturated carbocycles. The van der Waals surface area contributed by atoms with Gasteiger partial charge in [0.2, 0.25) is 5.82 Å². The normalized spacial score (nSPS) is 10.6. The van der Waals surface area contributed by atoms with Crippen LogP contribution in [-0.2, 0) is 0 Å². The molecule has 1 heterocycles. The number of carboxylic acids is 1. The third-order valence-corrected chi connectivity index (χ3v) is 2.81. The number of hydrogen-bond donors (Lipinski definition) is 2. The lowest BCUT2D eigenvalue weighted by molar-refractivity contribution is -0.384. The Morgan fingerprint density at radius 2 is 2.20 bits per heavy atom. The topological polar surface area (TPSA) is 105 Å². The second-order valence-corrected chi connectivity index (χ2v) is 4.97. The molecule has 7 nitrogen and oxygen atoms in total. The second kappa shape index (κ2) is 7.42. The Kier molecular flexibility index (Phi) is 5.89. The van der Waals surface area contributed by atoms with Crippen molar-refractivity contribution < 1.29 is 14.8 Å². The van der Waals surface area contributed by atoms with Crippen molar-refractivity contribution in [2.24, 2.45) is 5.92 Å². The third-order valence-electron chi connectivity index (χ3n) is 2.81. The van der Waals surface area contributed by atoms with Crippen LogP contribution in [0.15, 0.2) is 12.3 Å². The zero-order valence-corrected chi connectivity index (χ0v) is 11.6. The van der Waals surface area contributed by atoms with Gasteiger partial charge < -0.3 is 10.4 Å². The fourth-order valence-electron chi connectivity index (χ4n) is 1.73. The molecule has 0 fully saturated rings. The Bertz CT molecular complexity index is 489. The Morgan fingerprint density at radius 3 is 2.75 bits per heavy atom. The fraction of sp³-hybridized carbons (Fsp3) is 0.538. The van der Waals surface area contributed by atoms with Crippen LogP contribution in [0.3, 0.4) is 0 Å². The summed E-state index contributed by atoms with van der Waals surface area (Å²) < 4.78 is 0. The summed E-state index contributed by atoms with van der Waals surface area (Å²) in [5.74, 6) is -0.481. The largest absolute Gasteiger partial charge is 0.478 e. The number of nitro groups is 1. The first-order chi connectivity index (χ1) is 9.41. The van der Waals surface area contributed by atoms with Gasteiger partial charge in [0.25, 0.3) is 0 Å². The van der Waals surface area contributed by atoms with Crippen LogP contribution in [0.1, 0.15) is 43.5 Å². The lowest BCUT2D eigenvalue weighted by Gasteiger charge is -2.07. The molecule has 0 spiro atoms. The van der Waals surface area contributed by atoms with Gasteiger partial charge in [-0.1, -0.05) is 26.7 Å². The molecule has 0 aromatic carbocycles. The van der Waals surface area contributed by atoms with E-state index in [1.54, 1.807) is 0 Å². The second-order valence-electron chi connectivity index (χ2n) is 4.97. The minimum atomic E-state index is -1.23. The van der Waals surface area contributed by atoms with E-state index in [9.17, 15) is 14.9 Å². The first-order valence-electron chi connectivity index (χ1n) is 6.53. The van der Waals surface area contributed by atoms with E-state index in [1.165, 1.54) is 0 Å². The van der Waals surface area contributed by atoms with Gasteiger partial charge in [0.15, 0.2) is 0 Å². The number of nitrogens with zero attached hydrogens (tertiary/aromatic N) is 2. The van der Waals surface area contributed by atoms with Gasteiger partial charge in [-0.2, -0.15) is 0 Å². The first-order valence-corrected chi connectivity index (χ1v) is 6.53. The minimum absolute atomic E-state index is 0.115. The maximum atomic E-state index is 10.9. The molecule has 1 aromatic heterocycles. The molecular formula is C13H19N3O4. The number of anilines is 1. The van der Waals surface area contributed by atoms with Crippen molar-refractivity contribution in [3.05, 3.63) is 27.9 Å². The Labute approximate surface area is 117 Å². The average Bonchev–Trinajstić information content (AvgIpc) is 2.37. The first kappa shape index (κ1) is 15.9. The summed E-state index contributed by atoms with van der Waals surface area (Å²) in [6.07, 6.45) is 4.14. The maximum absolute atomic E-state index is 10.9. The Morgan fingerprint density at radius 1 is 1.50 bits per heavy atom. The quantitative estimate of drug-likeness (QED) is 0.431. The van der Waals surface area contributed by atoms with Gasteiger partial charge in [0.05, 0.1) is 10.5 Å². The number of aromatic carboxylic acids is 1. The van der Waals surface area contributed by atoms with Gasteiger partial charge in [-0.15, -0.1) is 0 Å². The van der Waals surface area contributed by atoms with Crippen molar-refractivity contribution in [2.75, 3.05) is 11.9 Å². The van der Waals surface area contributed by atoms with E-state index in [2.05, 4.69) is 24.1 Å². The lowest BCUT2D eigenvalue weighted by Crippen LogP contribution is -2.08. The van der Waals surface area contributed by atoms with Gasteiger partial charge in [-0.25, -0.2) is 9.78 Å². The average molecular weight is 281 g/mol. The number of pyridine rings is 1. The van der Waals surface area contributed by atoms with Crippen molar-refractivity contribution in [2.45, 2.75) is 33.1 Å². The van der Waals surface area contributed by atoms with Crippen LogP contribution in [0.5, 0.6) is 0 Å². The molecule has 20 heavy (non-hydrogen) atoms. The monoisotopic (exact) mass is 281 g/mol. The van der Waals surface area contributed by atoms with Crippen LogP contribution in [0, 0.1) is 16.0 Å². The standard InChI is InChI=1S/C13H19N3O4/c1-9(2)5-3-4-6-14-12-11(16(19)20)7-10(8-15-12)13(17)18/h7-9H,3-6H2,1-2H3,(H,14,15)(H,17,18). The summed E-state index contributed by atoms with van der Waals surface area (Å²) in [4.78, 5) is 24.9. The zero-order chi connectivity index (χ0) is 15.1. The van der Waals surface area contributed by atoms with Crippen LogP contribution in [0.25, 0.3) is 0 Å². The molecule has 1 aromatic rings. The molecule has 0 bridgehead atoms. The highest BCUT2D eigenvalue weighted by molar-refractivity contribution is 5.88. The predicted octanol–water partition coefficient (Wildman–Crippen LogP) is 2.93. The lowest BCUT2D eigenvalue weighted by atomic mass is 10.1. The SMILES string of the molecule is CC(C)CCCCNc1ncc(C(=O)O)cc1[N+](=O)[O-].